The zero-order chi connectivity index (χ0) is 15.9. The van der Waals surface area contributed by atoms with Gasteiger partial charge in [-0.3, -0.25) is 14.4 Å². The molecule has 0 aromatic heterocycles. The van der Waals surface area contributed by atoms with Gasteiger partial charge in [0, 0.05) is 6.92 Å². The van der Waals surface area contributed by atoms with Gasteiger partial charge in [0.2, 0.25) is 0 Å². The second-order valence-corrected chi connectivity index (χ2v) is 5.03. The number of rotatable bonds is 4. The number of Topliss-reactive ketones (excluding diaryl/α,β-unsaturated/α-hetero) is 3. The molecule has 0 unspecified atom stereocenters. The fraction of sp³-hybridized carbons (Fsp3) is 0.750. The lowest BCUT2D eigenvalue weighted by atomic mass is 9.65. The van der Waals surface area contributed by atoms with Gasteiger partial charge >= 0.3 is 0 Å². The number of hydrogen-bond acceptors (Lipinski definition) is 8. The fourth-order valence-corrected chi connectivity index (χ4v) is 2.49. The quantitative estimate of drug-likeness (QED) is 0.447. The normalized spacial score (nSPS) is 41.2. The summed E-state index contributed by atoms with van der Waals surface area (Å²) in [6, 6.07) is 0. The predicted molar refractivity (Wildman–Crippen MR) is 63.4 cm³/mol. The minimum Gasteiger partial charge on any atom is -0.396 e. The second kappa shape index (κ2) is 4.97. The number of ether oxygens (including phenoxy) is 1. The van der Waals surface area contributed by atoms with Crippen LogP contribution in [0, 0.1) is 5.92 Å². The van der Waals surface area contributed by atoms with E-state index in [2.05, 4.69) is 0 Å². The van der Waals surface area contributed by atoms with Crippen LogP contribution in [0.4, 0.5) is 0 Å². The third kappa shape index (κ3) is 1.92. The lowest BCUT2D eigenvalue weighted by molar-refractivity contribution is -0.339. The minimum absolute atomic E-state index is 0.834. The molecular formula is C12H18O8. The molecular weight excluding hydrogens is 272 g/mol. The van der Waals surface area contributed by atoms with Crippen LogP contribution in [-0.2, 0) is 19.1 Å². The van der Waals surface area contributed by atoms with Gasteiger partial charge in [-0.05, 0) is 13.8 Å². The topological polar surface area (TPSA) is 141 Å². The Bertz CT molecular complexity index is 460. The van der Waals surface area contributed by atoms with E-state index in [1.807, 2.05) is 0 Å². The first-order valence-electron chi connectivity index (χ1n) is 5.93. The van der Waals surface area contributed by atoms with E-state index >= 15 is 0 Å². The van der Waals surface area contributed by atoms with Crippen molar-refractivity contribution < 1.29 is 39.5 Å². The lowest BCUT2D eigenvalue weighted by Crippen LogP contribution is -2.78. The first kappa shape index (κ1) is 16.9. The Balaban J connectivity index is 3.56. The smallest absolute Gasteiger partial charge is 0.264 e. The molecule has 4 N–H and O–H groups in total. The summed E-state index contributed by atoms with van der Waals surface area (Å²) in [5.74, 6) is -7.81. The number of aliphatic hydroxyl groups is 4. The third-order valence-corrected chi connectivity index (χ3v) is 3.90. The van der Waals surface area contributed by atoms with Crippen molar-refractivity contribution in [3.63, 3.8) is 0 Å². The van der Waals surface area contributed by atoms with Crippen molar-refractivity contribution in [2.45, 2.75) is 37.8 Å². The largest absolute Gasteiger partial charge is 0.396 e. The predicted octanol–water partition coefficient (Wildman–Crippen LogP) is -2.46. The zero-order valence-corrected chi connectivity index (χ0v) is 11.4. The Morgan fingerprint density at radius 1 is 1.05 bits per heavy atom. The van der Waals surface area contributed by atoms with Crippen molar-refractivity contribution >= 4 is 17.3 Å². The van der Waals surface area contributed by atoms with Gasteiger partial charge in [0.15, 0.2) is 28.6 Å². The van der Waals surface area contributed by atoms with E-state index < -0.39 is 53.5 Å². The molecule has 4 atom stereocenters. The summed E-state index contributed by atoms with van der Waals surface area (Å²) in [5.41, 5.74) is -5.33. The zero-order valence-electron chi connectivity index (χ0n) is 11.4. The average molecular weight is 290 g/mol. The van der Waals surface area contributed by atoms with Gasteiger partial charge in [-0.25, -0.2) is 0 Å². The van der Waals surface area contributed by atoms with E-state index in [1.54, 1.807) is 0 Å². The second-order valence-electron chi connectivity index (χ2n) is 5.03. The van der Waals surface area contributed by atoms with E-state index in [4.69, 9.17) is 4.74 Å². The number of aliphatic hydroxyl groups excluding tert-OH is 1. The molecule has 0 aromatic carbocycles. The van der Waals surface area contributed by atoms with Crippen molar-refractivity contribution in [1.82, 2.24) is 0 Å². The maximum absolute atomic E-state index is 11.7. The first-order valence-corrected chi connectivity index (χ1v) is 5.93. The van der Waals surface area contributed by atoms with Crippen LogP contribution >= 0.6 is 0 Å². The van der Waals surface area contributed by atoms with Crippen LogP contribution in [0.25, 0.3) is 0 Å². The molecule has 8 nitrogen and oxygen atoms in total. The summed E-state index contributed by atoms with van der Waals surface area (Å²) >= 11 is 0. The fourth-order valence-electron chi connectivity index (χ4n) is 2.49. The molecule has 0 spiro atoms. The standard InChI is InChI=1S/C12H18O8/c1-6(14)10(17)5-20-12(19,8(3)16)11(18,7(2)15)9(10)4-13/h9,13,17-19H,4-5H2,1-3H3/t9-,10+,11-,12+/m1/s1. The minimum atomic E-state index is -2.94. The van der Waals surface area contributed by atoms with Gasteiger partial charge in [-0.15, -0.1) is 0 Å². The summed E-state index contributed by atoms with van der Waals surface area (Å²) in [7, 11) is 0. The molecule has 0 bridgehead atoms. The van der Waals surface area contributed by atoms with Gasteiger partial charge < -0.3 is 25.2 Å². The van der Waals surface area contributed by atoms with Crippen LogP contribution in [0.1, 0.15) is 20.8 Å². The highest BCUT2D eigenvalue weighted by molar-refractivity contribution is 5.98. The molecule has 1 aliphatic heterocycles. The Labute approximate surface area is 115 Å². The molecule has 1 heterocycles. The van der Waals surface area contributed by atoms with E-state index in [1.165, 1.54) is 0 Å². The first-order chi connectivity index (χ1) is 8.98. The molecule has 20 heavy (non-hydrogen) atoms. The van der Waals surface area contributed by atoms with E-state index in [-0.39, 0.29) is 0 Å². The van der Waals surface area contributed by atoms with Crippen molar-refractivity contribution in [1.29, 1.82) is 0 Å². The van der Waals surface area contributed by atoms with Crippen LogP contribution in [-0.4, -0.2) is 68.0 Å². The van der Waals surface area contributed by atoms with Crippen molar-refractivity contribution in [2.24, 2.45) is 5.92 Å². The maximum atomic E-state index is 11.7. The molecule has 0 amide bonds. The lowest BCUT2D eigenvalue weighted by Gasteiger charge is -2.53. The van der Waals surface area contributed by atoms with Gasteiger partial charge in [0.05, 0.1) is 19.1 Å². The van der Waals surface area contributed by atoms with Crippen LogP contribution < -0.4 is 0 Å². The van der Waals surface area contributed by atoms with Crippen LogP contribution in [0.5, 0.6) is 0 Å². The van der Waals surface area contributed by atoms with Crippen molar-refractivity contribution in [2.75, 3.05) is 13.2 Å². The molecule has 1 saturated heterocycles. The van der Waals surface area contributed by atoms with Crippen molar-refractivity contribution in [3.05, 3.63) is 0 Å². The highest BCUT2D eigenvalue weighted by Crippen LogP contribution is 2.44. The summed E-state index contributed by atoms with van der Waals surface area (Å²) < 4.78 is 4.77. The van der Waals surface area contributed by atoms with Gasteiger partial charge in [0.25, 0.3) is 5.79 Å². The average Bonchev–Trinajstić information content (AvgIpc) is 2.34. The van der Waals surface area contributed by atoms with Gasteiger partial charge in [-0.2, -0.15) is 0 Å². The summed E-state index contributed by atoms with van der Waals surface area (Å²) in [6.45, 7) is 0.862. The number of hydrogen-bond donors (Lipinski definition) is 4. The highest BCUT2D eigenvalue weighted by Gasteiger charge is 2.71. The molecule has 0 aromatic rings. The molecule has 1 fully saturated rings. The Morgan fingerprint density at radius 3 is 1.85 bits per heavy atom. The van der Waals surface area contributed by atoms with Crippen LogP contribution in [0.15, 0.2) is 0 Å². The molecule has 1 aliphatic rings. The highest BCUT2D eigenvalue weighted by atomic mass is 16.7. The van der Waals surface area contributed by atoms with E-state index in [9.17, 15) is 34.8 Å². The number of ketones is 3. The molecule has 0 saturated carbocycles. The monoisotopic (exact) mass is 290 g/mol. The van der Waals surface area contributed by atoms with Gasteiger partial charge in [0.1, 0.15) is 0 Å². The van der Waals surface area contributed by atoms with Crippen LogP contribution in [0.3, 0.4) is 0 Å². The summed E-state index contributed by atoms with van der Waals surface area (Å²) in [4.78, 5) is 34.8. The third-order valence-electron chi connectivity index (χ3n) is 3.90. The maximum Gasteiger partial charge on any atom is 0.264 e. The number of carbonyl (C=O) groups excluding carboxylic acids is 3. The summed E-state index contributed by atoms with van der Waals surface area (Å²) in [5, 5.41) is 40.3. The van der Waals surface area contributed by atoms with Crippen molar-refractivity contribution in [3.8, 4) is 0 Å². The number of carbonyl (C=O) groups is 3. The molecule has 114 valence electrons. The Morgan fingerprint density at radius 2 is 1.55 bits per heavy atom. The Hall–Kier alpha value is -1.19. The van der Waals surface area contributed by atoms with E-state index in [0.717, 1.165) is 20.8 Å². The van der Waals surface area contributed by atoms with Gasteiger partial charge in [-0.1, -0.05) is 0 Å². The Kier molecular flexibility index (Phi) is 4.19. The SMILES string of the molecule is CC(=O)[C@]1(O)OC[C@](O)(C(C)=O)[C@@H](CO)[C@]1(O)C(C)=O. The summed E-state index contributed by atoms with van der Waals surface area (Å²) in [6.07, 6.45) is 0. The van der Waals surface area contributed by atoms with Crippen LogP contribution in [0.2, 0.25) is 0 Å². The molecule has 0 radical (unpaired) electrons. The molecule has 1 rings (SSSR count). The van der Waals surface area contributed by atoms with E-state index in [0.29, 0.717) is 0 Å². The molecule has 0 aliphatic carbocycles. The molecule has 8 heteroatoms.